The second-order valence-corrected chi connectivity index (χ2v) is 9.94. The maximum Gasteiger partial charge on any atom is 0.412 e. The molecule has 5 nitrogen and oxygen atoms in total. The van der Waals surface area contributed by atoms with E-state index in [0.29, 0.717) is 11.8 Å². The highest BCUT2D eigenvalue weighted by molar-refractivity contribution is 5.70. The first-order chi connectivity index (χ1) is 13.4. The normalized spacial score (nSPS) is 23.7. The summed E-state index contributed by atoms with van der Waals surface area (Å²) in [5.74, 6) is 0.764. The third-order valence-electron chi connectivity index (χ3n) is 5.93. The van der Waals surface area contributed by atoms with Gasteiger partial charge in [0.1, 0.15) is 11.3 Å². The van der Waals surface area contributed by atoms with Gasteiger partial charge >= 0.3 is 6.09 Å². The zero-order chi connectivity index (χ0) is 22.0. The highest BCUT2D eigenvalue weighted by Gasteiger charge is 2.52. The van der Waals surface area contributed by atoms with Crippen LogP contribution in [0.3, 0.4) is 0 Å². The van der Waals surface area contributed by atoms with Gasteiger partial charge < -0.3 is 15.2 Å². The Kier molecular flexibility index (Phi) is 7.26. The number of anilines is 1. The monoisotopic (exact) mass is 404 g/mol. The average Bonchev–Trinajstić information content (AvgIpc) is 2.82. The minimum absolute atomic E-state index is 0.00809. The van der Waals surface area contributed by atoms with Crippen LogP contribution in [0.5, 0.6) is 0 Å². The standard InChI is InChI=1S/C24H40N2O3/c1-9-20(16(2)10-11-18-12-14-19(25)15-13-18)21-17(3)28-24(7,8)26(21)22(27)29-23(4,5)6/h12-17,20-21H,9-11,25H2,1-8H3. The number of rotatable bonds is 6. The molecule has 1 aromatic carbocycles. The first kappa shape index (κ1) is 23.5. The van der Waals surface area contributed by atoms with Crippen molar-refractivity contribution in [2.45, 2.75) is 98.1 Å². The van der Waals surface area contributed by atoms with Gasteiger partial charge in [-0.15, -0.1) is 0 Å². The van der Waals surface area contributed by atoms with Crippen LogP contribution in [0.4, 0.5) is 10.5 Å². The van der Waals surface area contributed by atoms with Crippen molar-refractivity contribution in [3.05, 3.63) is 29.8 Å². The summed E-state index contributed by atoms with van der Waals surface area (Å²) < 4.78 is 12.0. The van der Waals surface area contributed by atoms with Gasteiger partial charge in [-0.1, -0.05) is 32.4 Å². The van der Waals surface area contributed by atoms with Crippen LogP contribution in [0.25, 0.3) is 0 Å². The number of hydrogen-bond donors (Lipinski definition) is 1. The van der Waals surface area contributed by atoms with Crippen LogP contribution >= 0.6 is 0 Å². The molecule has 0 radical (unpaired) electrons. The van der Waals surface area contributed by atoms with Gasteiger partial charge in [0.2, 0.25) is 0 Å². The van der Waals surface area contributed by atoms with E-state index in [1.807, 2.05) is 51.7 Å². The van der Waals surface area contributed by atoms with E-state index in [4.69, 9.17) is 15.2 Å². The molecule has 1 saturated heterocycles. The number of ether oxygens (including phenoxy) is 2. The van der Waals surface area contributed by atoms with E-state index >= 15 is 0 Å². The second kappa shape index (κ2) is 8.95. The molecule has 1 aliphatic heterocycles. The molecule has 2 rings (SSSR count). The van der Waals surface area contributed by atoms with E-state index in [0.717, 1.165) is 24.9 Å². The van der Waals surface area contributed by atoms with E-state index in [-0.39, 0.29) is 18.2 Å². The molecule has 1 fully saturated rings. The van der Waals surface area contributed by atoms with Crippen molar-refractivity contribution >= 4 is 11.8 Å². The molecule has 0 bridgehead atoms. The van der Waals surface area contributed by atoms with Crippen LogP contribution in [-0.4, -0.2) is 34.5 Å². The molecule has 1 aromatic rings. The van der Waals surface area contributed by atoms with Gasteiger partial charge in [0.15, 0.2) is 0 Å². The number of hydrogen-bond acceptors (Lipinski definition) is 4. The lowest BCUT2D eigenvalue weighted by molar-refractivity contribution is -0.0766. The van der Waals surface area contributed by atoms with Crippen molar-refractivity contribution in [2.24, 2.45) is 11.8 Å². The number of nitrogens with zero attached hydrogens (tertiary/aromatic N) is 1. The second-order valence-electron chi connectivity index (χ2n) is 9.94. The molecule has 29 heavy (non-hydrogen) atoms. The number of nitrogen functional groups attached to an aromatic ring is 1. The smallest absolute Gasteiger partial charge is 0.412 e. The van der Waals surface area contributed by atoms with Crippen LogP contribution in [0.2, 0.25) is 0 Å². The summed E-state index contributed by atoms with van der Waals surface area (Å²) in [6.07, 6.45) is 2.70. The summed E-state index contributed by atoms with van der Waals surface area (Å²) in [5.41, 5.74) is 6.66. The molecule has 0 spiro atoms. The molecular formula is C24H40N2O3. The van der Waals surface area contributed by atoms with Crippen LogP contribution in [0.15, 0.2) is 24.3 Å². The van der Waals surface area contributed by atoms with E-state index in [2.05, 4.69) is 32.9 Å². The first-order valence-electron chi connectivity index (χ1n) is 10.9. The lowest BCUT2D eigenvalue weighted by Gasteiger charge is -2.39. The fourth-order valence-corrected chi connectivity index (χ4v) is 4.62. The average molecular weight is 405 g/mol. The van der Waals surface area contributed by atoms with Crippen LogP contribution in [0, 0.1) is 11.8 Å². The van der Waals surface area contributed by atoms with E-state index in [1.54, 1.807) is 0 Å². The Bertz CT molecular complexity index is 678. The summed E-state index contributed by atoms with van der Waals surface area (Å²) >= 11 is 0. The fourth-order valence-electron chi connectivity index (χ4n) is 4.62. The number of nitrogens with two attached hydrogens (primary N) is 1. The summed E-state index contributed by atoms with van der Waals surface area (Å²) in [6, 6.07) is 8.10. The van der Waals surface area contributed by atoms with Crippen molar-refractivity contribution < 1.29 is 14.3 Å². The molecule has 164 valence electrons. The summed E-state index contributed by atoms with van der Waals surface area (Å²) in [6.45, 7) is 16.2. The maximum absolute atomic E-state index is 13.1. The van der Waals surface area contributed by atoms with Gasteiger partial charge in [0.25, 0.3) is 0 Å². The molecular weight excluding hydrogens is 364 g/mol. The highest BCUT2D eigenvalue weighted by atomic mass is 16.6. The minimum Gasteiger partial charge on any atom is -0.444 e. The van der Waals surface area contributed by atoms with Crippen molar-refractivity contribution in [3.63, 3.8) is 0 Å². The zero-order valence-electron chi connectivity index (χ0n) is 19.5. The van der Waals surface area contributed by atoms with E-state index in [9.17, 15) is 4.79 Å². The number of carbonyl (C=O) groups excluding carboxylic acids is 1. The third kappa shape index (κ3) is 5.88. The van der Waals surface area contributed by atoms with Gasteiger partial charge in [0, 0.05) is 5.69 Å². The Morgan fingerprint density at radius 3 is 2.38 bits per heavy atom. The summed E-state index contributed by atoms with van der Waals surface area (Å²) in [5, 5.41) is 0. The van der Waals surface area contributed by atoms with Gasteiger partial charge in [0.05, 0.1) is 12.1 Å². The van der Waals surface area contributed by atoms with Crippen LogP contribution in [-0.2, 0) is 15.9 Å². The molecule has 4 unspecified atom stereocenters. The maximum atomic E-state index is 13.1. The molecule has 1 heterocycles. The van der Waals surface area contributed by atoms with E-state index in [1.165, 1.54) is 5.56 Å². The van der Waals surface area contributed by atoms with Gasteiger partial charge in [-0.25, -0.2) is 4.79 Å². The third-order valence-corrected chi connectivity index (χ3v) is 5.93. The van der Waals surface area contributed by atoms with Crippen molar-refractivity contribution in [1.82, 2.24) is 4.90 Å². The zero-order valence-corrected chi connectivity index (χ0v) is 19.5. The molecule has 0 aliphatic carbocycles. The summed E-state index contributed by atoms with van der Waals surface area (Å²) in [4.78, 5) is 14.9. The van der Waals surface area contributed by atoms with E-state index < -0.39 is 11.3 Å². The van der Waals surface area contributed by atoms with Crippen molar-refractivity contribution in [1.29, 1.82) is 0 Å². The van der Waals surface area contributed by atoms with Crippen LogP contribution < -0.4 is 5.73 Å². The van der Waals surface area contributed by atoms with Crippen LogP contribution in [0.1, 0.15) is 73.8 Å². The summed E-state index contributed by atoms with van der Waals surface area (Å²) in [7, 11) is 0. The number of aryl methyl sites for hydroxylation is 1. The van der Waals surface area contributed by atoms with Gasteiger partial charge in [-0.05, 0) is 83.9 Å². The number of amides is 1. The van der Waals surface area contributed by atoms with Gasteiger partial charge in [-0.2, -0.15) is 0 Å². The Balaban J connectivity index is 2.18. The quantitative estimate of drug-likeness (QED) is 0.625. The Hall–Kier alpha value is -1.75. The SMILES string of the molecule is CCC(C(C)CCc1ccc(N)cc1)C1C(C)OC(C)(C)N1C(=O)OC(C)(C)C. The molecule has 1 aliphatic rings. The highest BCUT2D eigenvalue weighted by Crippen LogP contribution is 2.41. The molecule has 4 atom stereocenters. The molecule has 1 amide bonds. The Morgan fingerprint density at radius 2 is 1.86 bits per heavy atom. The number of benzene rings is 1. The molecule has 5 heteroatoms. The Morgan fingerprint density at radius 1 is 1.28 bits per heavy atom. The molecule has 0 saturated carbocycles. The minimum atomic E-state index is -0.684. The first-order valence-corrected chi connectivity index (χ1v) is 10.9. The van der Waals surface area contributed by atoms with Crippen molar-refractivity contribution in [3.8, 4) is 0 Å². The van der Waals surface area contributed by atoms with Crippen molar-refractivity contribution in [2.75, 3.05) is 5.73 Å². The molecule has 2 N–H and O–H groups in total. The predicted molar refractivity (Wildman–Crippen MR) is 119 cm³/mol. The topological polar surface area (TPSA) is 64.8 Å². The lowest BCUT2D eigenvalue weighted by atomic mass is 9.79. The largest absolute Gasteiger partial charge is 0.444 e. The molecule has 0 aromatic heterocycles. The Labute approximate surface area is 176 Å². The predicted octanol–water partition coefficient (Wildman–Crippen LogP) is 5.62. The van der Waals surface area contributed by atoms with Gasteiger partial charge in [-0.3, -0.25) is 4.90 Å². The fraction of sp³-hybridized carbons (Fsp3) is 0.708. The lowest BCUT2D eigenvalue weighted by Crippen LogP contribution is -2.53. The number of carbonyl (C=O) groups is 1.